The Labute approximate surface area is 238 Å². The number of hydrogen-bond acceptors (Lipinski definition) is 3. The zero-order valence-corrected chi connectivity index (χ0v) is 23.0. The van der Waals surface area contributed by atoms with Crippen LogP contribution in [0.25, 0.3) is 11.1 Å². The molecule has 0 spiro atoms. The highest BCUT2D eigenvalue weighted by molar-refractivity contribution is 5.64. The Hall–Kier alpha value is -3.87. The summed E-state index contributed by atoms with van der Waals surface area (Å²) in [4.78, 5) is 2.68. The first kappa shape index (κ1) is 25.1. The maximum absolute atomic E-state index is 10.1. The first-order valence-corrected chi connectivity index (χ1v) is 15.0. The molecule has 1 fully saturated rings. The number of nitrogens with zero attached hydrogens (tertiary/aromatic N) is 2. The van der Waals surface area contributed by atoms with Crippen LogP contribution >= 0.6 is 0 Å². The van der Waals surface area contributed by atoms with Gasteiger partial charge in [-0.2, -0.15) is 5.26 Å². The third-order valence-electron chi connectivity index (χ3n) is 9.42. The molecule has 3 heteroatoms. The topological polar surface area (TPSA) is 39.1 Å². The summed E-state index contributed by atoms with van der Waals surface area (Å²) in [5, 5.41) is 14.1. The molecule has 1 N–H and O–H groups in total. The van der Waals surface area contributed by atoms with E-state index < -0.39 is 0 Å². The monoisotopic (exact) mass is 523 g/mol. The second-order valence-electron chi connectivity index (χ2n) is 11.8. The summed E-state index contributed by atoms with van der Waals surface area (Å²) in [6.45, 7) is 0. The quantitative estimate of drug-likeness (QED) is 0.428. The molecule has 1 saturated heterocycles. The number of benzene rings is 2. The van der Waals surface area contributed by atoms with E-state index in [1.807, 2.05) is 0 Å². The van der Waals surface area contributed by atoms with Crippen molar-refractivity contribution in [1.29, 1.82) is 5.26 Å². The van der Waals surface area contributed by atoms with Crippen LogP contribution in [0.3, 0.4) is 0 Å². The van der Waals surface area contributed by atoms with Crippen LogP contribution in [0, 0.1) is 23.2 Å². The molecule has 0 amide bonds. The molecule has 2 aromatic carbocycles. The molecule has 2 aromatic rings. The van der Waals surface area contributed by atoms with Crippen LogP contribution in [0.4, 0.5) is 0 Å². The number of rotatable bonds is 5. The average molecular weight is 524 g/mol. The molecular formula is C37H37N3. The Balaban J connectivity index is 1.14. The van der Waals surface area contributed by atoms with Crippen molar-refractivity contribution in [2.75, 3.05) is 0 Å². The van der Waals surface area contributed by atoms with Gasteiger partial charge in [0.05, 0.1) is 12.2 Å². The molecule has 5 unspecified atom stereocenters. The van der Waals surface area contributed by atoms with Gasteiger partial charge in [0.15, 0.2) is 0 Å². The van der Waals surface area contributed by atoms with E-state index in [9.17, 15) is 5.26 Å². The normalized spacial score (nSPS) is 29.3. The van der Waals surface area contributed by atoms with Gasteiger partial charge in [-0.25, -0.2) is 0 Å². The van der Waals surface area contributed by atoms with Crippen LogP contribution in [-0.4, -0.2) is 17.2 Å². The first-order chi connectivity index (χ1) is 19.8. The number of hydrogen-bond donors (Lipinski definition) is 1. The second kappa shape index (κ2) is 11.0. The standard InChI is InChI=1S/C37H37N3/c38-25-33-24-31(28-18-16-27(17-19-28)26-10-4-1-5-11-26)23-32-22-30(20-21-35(32)33)37-39-36(29-12-6-2-7-13-29)40(37)34-14-8-3-9-15-34/h1-2,4-7,10-12,14,16-20,22,24,29,31,35-37,39H,3,8-9,13,15,21,23H2. The molecular weight excluding hydrogens is 486 g/mol. The van der Waals surface area contributed by atoms with E-state index in [0.717, 1.165) is 24.8 Å². The van der Waals surface area contributed by atoms with Crippen LogP contribution in [0.2, 0.25) is 0 Å². The summed E-state index contributed by atoms with van der Waals surface area (Å²) in [5.74, 6) is 0.956. The summed E-state index contributed by atoms with van der Waals surface area (Å²) in [7, 11) is 0. The van der Waals surface area contributed by atoms with E-state index in [1.165, 1.54) is 59.2 Å². The molecule has 0 aromatic heterocycles. The summed E-state index contributed by atoms with van der Waals surface area (Å²) in [5.41, 5.74) is 8.99. The smallest absolute Gasteiger partial charge is 0.108 e. The summed E-state index contributed by atoms with van der Waals surface area (Å²) < 4.78 is 0. The van der Waals surface area contributed by atoms with Crippen molar-refractivity contribution in [2.24, 2.45) is 11.8 Å². The fourth-order valence-electron chi connectivity index (χ4n) is 7.25. The molecule has 3 nitrogen and oxygen atoms in total. The van der Waals surface area contributed by atoms with E-state index in [1.54, 1.807) is 0 Å². The Morgan fingerprint density at radius 1 is 0.900 bits per heavy atom. The van der Waals surface area contributed by atoms with Gasteiger partial charge in [-0.15, -0.1) is 0 Å². The van der Waals surface area contributed by atoms with E-state index in [0.29, 0.717) is 12.1 Å². The van der Waals surface area contributed by atoms with Crippen LogP contribution in [-0.2, 0) is 0 Å². The van der Waals surface area contributed by atoms with E-state index in [-0.39, 0.29) is 18.0 Å². The van der Waals surface area contributed by atoms with Crippen LogP contribution in [0.1, 0.15) is 56.4 Å². The predicted molar refractivity (Wildman–Crippen MR) is 163 cm³/mol. The average Bonchev–Trinajstić information content (AvgIpc) is 3.01. The maximum atomic E-state index is 10.1. The first-order valence-electron chi connectivity index (χ1n) is 15.0. The molecule has 0 radical (unpaired) electrons. The molecule has 1 heterocycles. The van der Waals surface area contributed by atoms with Gasteiger partial charge >= 0.3 is 0 Å². The van der Waals surface area contributed by atoms with Gasteiger partial charge in [0.25, 0.3) is 0 Å². The lowest BCUT2D eigenvalue weighted by Crippen LogP contribution is -2.71. The van der Waals surface area contributed by atoms with Gasteiger partial charge in [0, 0.05) is 29.0 Å². The molecule has 0 saturated carbocycles. The van der Waals surface area contributed by atoms with Gasteiger partial charge in [-0.3, -0.25) is 5.32 Å². The van der Waals surface area contributed by atoms with Crippen molar-refractivity contribution in [3.05, 3.63) is 131 Å². The lowest BCUT2D eigenvalue weighted by molar-refractivity contribution is -0.000883. The highest BCUT2D eigenvalue weighted by Gasteiger charge is 2.44. The van der Waals surface area contributed by atoms with Crippen molar-refractivity contribution in [2.45, 2.75) is 63.2 Å². The fraction of sp³-hybridized carbons (Fsp3) is 0.324. The minimum absolute atomic E-state index is 0.221. The lowest BCUT2D eigenvalue weighted by Gasteiger charge is -2.56. The van der Waals surface area contributed by atoms with Crippen molar-refractivity contribution in [3.8, 4) is 17.2 Å². The van der Waals surface area contributed by atoms with Crippen molar-refractivity contribution in [3.63, 3.8) is 0 Å². The molecule has 200 valence electrons. The molecule has 40 heavy (non-hydrogen) atoms. The van der Waals surface area contributed by atoms with Crippen molar-refractivity contribution >= 4 is 0 Å². The molecule has 0 bridgehead atoms. The number of nitrogens with one attached hydrogen (secondary N) is 1. The molecule has 7 rings (SSSR count). The van der Waals surface area contributed by atoms with Crippen molar-refractivity contribution in [1.82, 2.24) is 10.2 Å². The SMILES string of the molecule is N#CC1=CC(c2ccc(-c3ccccc3)cc2)CC2=CC(C3NC(C4C=CC=CC4)N3C3=CCCCC3)=CCC12. The Morgan fingerprint density at radius 2 is 1.75 bits per heavy atom. The van der Waals surface area contributed by atoms with Gasteiger partial charge < -0.3 is 4.90 Å². The maximum Gasteiger partial charge on any atom is 0.108 e. The minimum atomic E-state index is 0.221. The molecule has 1 aliphatic heterocycles. The van der Waals surface area contributed by atoms with Gasteiger partial charge in [-0.05, 0) is 67.2 Å². The van der Waals surface area contributed by atoms with Crippen molar-refractivity contribution < 1.29 is 0 Å². The van der Waals surface area contributed by atoms with E-state index in [4.69, 9.17) is 0 Å². The fourth-order valence-corrected chi connectivity index (χ4v) is 7.25. The van der Waals surface area contributed by atoms with Gasteiger partial charge in [-0.1, -0.05) is 109 Å². The highest BCUT2D eigenvalue weighted by atomic mass is 15.5. The molecule has 5 aliphatic rings. The third-order valence-corrected chi connectivity index (χ3v) is 9.42. The van der Waals surface area contributed by atoms with E-state index >= 15 is 0 Å². The summed E-state index contributed by atoms with van der Waals surface area (Å²) in [6.07, 6.45) is 27.1. The number of allylic oxidation sites excluding steroid dienone is 9. The summed E-state index contributed by atoms with van der Waals surface area (Å²) in [6, 6.07) is 22.0. The van der Waals surface area contributed by atoms with Crippen LogP contribution in [0.5, 0.6) is 0 Å². The number of fused-ring (bicyclic) bond motifs is 1. The summed E-state index contributed by atoms with van der Waals surface area (Å²) >= 11 is 0. The predicted octanol–water partition coefficient (Wildman–Crippen LogP) is 8.31. The van der Waals surface area contributed by atoms with E-state index in [2.05, 4.69) is 119 Å². The Bertz CT molecular complexity index is 1480. The minimum Gasteiger partial charge on any atom is -0.339 e. The highest BCUT2D eigenvalue weighted by Crippen LogP contribution is 2.45. The van der Waals surface area contributed by atoms with Crippen LogP contribution < -0.4 is 5.32 Å². The zero-order chi connectivity index (χ0) is 26.9. The van der Waals surface area contributed by atoms with Gasteiger partial charge in [0.1, 0.15) is 6.17 Å². The lowest BCUT2D eigenvalue weighted by atomic mass is 9.72. The second-order valence-corrected chi connectivity index (χ2v) is 11.8. The van der Waals surface area contributed by atoms with Gasteiger partial charge in [0.2, 0.25) is 0 Å². The Kier molecular flexibility index (Phi) is 6.88. The molecule has 5 atom stereocenters. The third kappa shape index (κ3) is 4.72. The molecule has 4 aliphatic carbocycles. The van der Waals surface area contributed by atoms with Crippen LogP contribution in [0.15, 0.2) is 126 Å². The number of nitriles is 1. The largest absolute Gasteiger partial charge is 0.339 e. The Morgan fingerprint density at radius 3 is 2.50 bits per heavy atom. The zero-order valence-electron chi connectivity index (χ0n) is 23.0.